The summed E-state index contributed by atoms with van der Waals surface area (Å²) in [6.45, 7) is 3.87. The van der Waals surface area contributed by atoms with Crippen molar-refractivity contribution in [2.75, 3.05) is 38.2 Å². The molecule has 0 amide bonds. The molecule has 1 aliphatic heterocycles. The standard InChI is InChI=1S/C22H23ClN4O3.ClH/c1-30-18-8-2-15(3-9-18)21(28)20-19(24-22(29)25-20)14-26-10-12-27(13-11-26)17-6-4-16(23)5-7-17;/h2-9H,10-14H2,1H3,(H2,24,25,29);1H. The second-order valence-corrected chi connectivity index (χ2v) is 7.67. The molecule has 0 atom stereocenters. The summed E-state index contributed by atoms with van der Waals surface area (Å²) in [6.07, 6.45) is 0. The Bertz CT molecular complexity index is 1070. The van der Waals surface area contributed by atoms with Crippen LogP contribution in [0.15, 0.2) is 53.3 Å². The number of ketones is 1. The zero-order valence-corrected chi connectivity index (χ0v) is 18.6. The predicted octanol–water partition coefficient (Wildman–Crippen LogP) is 3.34. The van der Waals surface area contributed by atoms with Crippen LogP contribution in [-0.4, -0.2) is 53.9 Å². The van der Waals surface area contributed by atoms with Crippen LogP contribution in [0.1, 0.15) is 21.7 Å². The van der Waals surface area contributed by atoms with Gasteiger partial charge in [0.15, 0.2) is 0 Å². The van der Waals surface area contributed by atoms with Gasteiger partial charge in [-0.25, -0.2) is 4.79 Å². The molecule has 164 valence electrons. The van der Waals surface area contributed by atoms with Crippen molar-refractivity contribution in [1.29, 1.82) is 0 Å². The van der Waals surface area contributed by atoms with Gasteiger partial charge in [0.05, 0.1) is 12.8 Å². The summed E-state index contributed by atoms with van der Waals surface area (Å²) in [6, 6.07) is 14.7. The summed E-state index contributed by atoms with van der Waals surface area (Å²) in [5.74, 6) is 0.457. The lowest BCUT2D eigenvalue weighted by molar-refractivity contribution is 0.103. The molecule has 2 N–H and O–H groups in total. The molecular weight excluding hydrogens is 439 g/mol. The number of ether oxygens (including phenoxy) is 1. The molecule has 31 heavy (non-hydrogen) atoms. The van der Waals surface area contributed by atoms with Crippen LogP contribution in [0.2, 0.25) is 5.02 Å². The zero-order valence-electron chi connectivity index (χ0n) is 17.1. The van der Waals surface area contributed by atoms with Crippen molar-refractivity contribution in [3.8, 4) is 5.75 Å². The topological polar surface area (TPSA) is 81.4 Å². The lowest BCUT2D eigenvalue weighted by Gasteiger charge is -2.36. The van der Waals surface area contributed by atoms with E-state index >= 15 is 0 Å². The van der Waals surface area contributed by atoms with Gasteiger partial charge in [-0.2, -0.15) is 0 Å². The van der Waals surface area contributed by atoms with Crippen molar-refractivity contribution in [2.45, 2.75) is 6.54 Å². The Morgan fingerprint density at radius 1 is 1.00 bits per heavy atom. The molecule has 0 saturated carbocycles. The van der Waals surface area contributed by atoms with E-state index in [1.807, 2.05) is 24.3 Å². The number of methoxy groups -OCH3 is 1. The van der Waals surface area contributed by atoms with Crippen molar-refractivity contribution in [3.05, 3.63) is 81.0 Å². The lowest BCUT2D eigenvalue weighted by Crippen LogP contribution is -2.46. The van der Waals surface area contributed by atoms with E-state index < -0.39 is 0 Å². The van der Waals surface area contributed by atoms with Crippen molar-refractivity contribution in [1.82, 2.24) is 14.9 Å². The maximum absolute atomic E-state index is 12.9. The van der Waals surface area contributed by atoms with E-state index in [0.717, 1.165) is 36.9 Å². The second-order valence-electron chi connectivity index (χ2n) is 7.23. The summed E-state index contributed by atoms with van der Waals surface area (Å²) in [5.41, 5.74) is 2.19. The largest absolute Gasteiger partial charge is 0.497 e. The van der Waals surface area contributed by atoms with E-state index in [9.17, 15) is 9.59 Å². The van der Waals surface area contributed by atoms with Gasteiger partial charge in [-0.3, -0.25) is 9.69 Å². The first-order chi connectivity index (χ1) is 14.5. The fraction of sp³-hybridized carbons (Fsp3) is 0.273. The van der Waals surface area contributed by atoms with E-state index in [0.29, 0.717) is 29.2 Å². The minimum absolute atomic E-state index is 0. The zero-order chi connectivity index (χ0) is 21.1. The first kappa shape index (κ1) is 22.9. The van der Waals surface area contributed by atoms with E-state index in [1.165, 1.54) is 0 Å². The Labute approximate surface area is 191 Å². The molecule has 1 saturated heterocycles. The molecule has 1 fully saturated rings. The summed E-state index contributed by atoms with van der Waals surface area (Å²) in [4.78, 5) is 34.8. The van der Waals surface area contributed by atoms with Gasteiger partial charge in [0, 0.05) is 49.0 Å². The monoisotopic (exact) mass is 462 g/mol. The van der Waals surface area contributed by atoms with Crippen molar-refractivity contribution in [3.63, 3.8) is 0 Å². The van der Waals surface area contributed by atoms with Crippen LogP contribution >= 0.6 is 24.0 Å². The van der Waals surface area contributed by atoms with Crippen LogP contribution in [0.4, 0.5) is 5.69 Å². The molecule has 0 unspecified atom stereocenters. The smallest absolute Gasteiger partial charge is 0.323 e. The minimum atomic E-state index is -0.373. The number of aromatic amines is 2. The van der Waals surface area contributed by atoms with Crippen LogP contribution in [0.5, 0.6) is 5.75 Å². The molecule has 0 aliphatic carbocycles. The summed E-state index contributed by atoms with van der Waals surface area (Å²) < 4.78 is 5.14. The van der Waals surface area contributed by atoms with Gasteiger partial charge in [-0.15, -0.1) is 12.4 Å². The fourth-order valence-electron chi connectivity index (χ4n) is 3.66. The number of carbonyl (C=O) groups is 1. The Morgan fingerprint density at radius 2 is 1.65 bits per heavy atom. The molecular formula is C22H24Cl2N4O3. The van der Waals surface area contributed by atoms with Crippen LogP contribution in [-0.2, 0) is 6.54 Å². The Hall–Kier alpha value is -2.74. The van der Waals surface area contributed by atoms with E-state index in [1.54, 1.807) is 31.4 Å². The van der Waals surface area contributed by atoms with Gasteiger partial charge in [0.1, 0.15) is 11.4 Å². The van der Waals surface area contributed by atoms with Crippen molar-refractivity contribution >= 4 is 35.5 Å². The molecule has 2 heterocycles. The van der Waals surface area contributed by atoms with Crippen molar-refractivity contribution in [2.24, 2.45) is 0 Å². The fourth-order valence-corrected chi connectivity index (χ4v) is 3.78. The van der Waals surface area contributed by atoms with Gasteiger partial charge in [-0.05, 0) is 48.5 Å². The molecule has 1 aromatic heterocycles. The number of hydrogen-bond acceptors (Lipinski definition) is 5. The van der Waals surface area contributed by atoms with E-state index in [4.69, 9.17) is 16.3 Å². The van der Waals surface area contributed by atoms with Crippen LogP contribution in [0.3, 0.4) is 0 Å². The Balaban J connectivity index is 0.00000272. The number of nitrogens with one attached hydrogen (secondary N) is 2. The Morgan fingerprint density at radius 3 is 2.26 bits per heavy atom. The number of benzene rings is 2. The highest BCUT2D eigenvalue weighted by molar-refractivity contribution is 6.30. The molecule has 7 nitrogen and oxygen atoms in total. The third-order valence-corrected chi connectivity index (χ3v) is 5.58. The Kier molecular flexibility index (Phi) is 7.43. The van der Waals surface area contributed by atoms with Crippen LogP contribution in [0.25, 0.3) is 0 Å². The highest BCUT2D eigenvalue weighted by Gasteiger charge is 2.22. The van der Waals surface area contributed by atoms with Crippen LogP contribution < -0.4 is 15.3 Å². The third kappa shape index (κ3) is 5.31. The van der Waals surface area contributed by atoms with Crippen molar-refractivity contribution < 1.29 is 9.53 Å². The van der Waals surface area contributed by atoms with Gasteiger partial charge in [-0.1, -0.05) is 11.6 Å². The number of aromatic nitrogens is 2. The molecule has 0 bridgehead atoms. The van der Waals surface area contributed by atoms with Crippen LogP contribution in [0, 0.1) is 0 Å². The van der Waals surface area contributed by atoms with Gasteiger partial charge in [0.25, 0.3) is 0 Å². The molecule has 4 rings (SSSR count). The predicted molar refractivity (Wildman–Crippen MR) is 124 cm³/mol. The quantitative estimate of drug-likeness (QED) is 0.549. The first-order valence-electron chi connectivity index (χ1n) is 9.76. The highest BCUT2D eigenvalue weighted by Crippen LogP contribution is 2.21. The maximum atomic E-state index is 12.9. The normalized spacial score (nSPS) is 14.2. The third-order valence-electron chi connectivity index (χ3n) is 5.33. The SMILES string of the molecule is COc1ccc(C(=O)c2[nH]c(=O)[nH]c2CN2CCN(c3ccc(Cl)cc3)CC2)cc1.Cl. The number of anilines is 1. The summed E-state index contributed by atoms with van der Waals surface area (Å²) in [5, 5.41) is 0.725. The molecule has 2 aromatic carbocycles. The minimum Gasteiger partial charge on any atom is -0.497 e. The molecule has 9 heteroatoms. The number of carbonyl (C=O) groups excluding carboxylic acids is 1. The number of rotatable bonds is 6. The summed E-state index contributed by atoms with van der Waals surface area (Å²) >= 11 is 5.97. The number of halogens is 2. The highest BCUT2D eigenvalue weighted by atomic mass is 35.5. The number of nitrogens with zero attached hydrogens (tertiary/aromatic N) is 2. The molecule has 1 aliphatic rings. The maximum Gasteiger partial charge on any atom is 0.323 e. The average molecular weight is 463 g/mol. The van der Waals surface area contributed by atoms with Gasteiger partial charge in [0.2, 0.25) is 5.78 Å². The van der Waals surface area contributed by atoms with Gasteiger partial charge >= 0.3 is 5.69 Å². The number of piperazine rings is 1. The number of imidazole rings is 1. The number of H-pyrrole nitrogens is 2. The first-order valence-corrected chi connectivity index (χ1v) is 10.1. The second kappa shape index (κ2) is 10.0. The number of hydrogen-bond donors (Lipinski definition) is 2. The van der Waals surface area contributed by atoms with E-state index in [-0.39, 0.29) is 23.9 Å². The average Bonchev–Trinajstić information content (AvgIpc) is 3.14. The molecule has 0 spiro atoms. The van der Waals surface area contributed by atoms with Gasteiger partial charge < -0.3 is 19.6 Å². The summed E-state index contributed by atoms with van der Waals surface area (Å²) in [7, 11) is 1.57. The molecule has 0 radical (unpaired) electrons. The van der Waals surface area contributed by atoms with E-state index in [2.05, 4.69) is 19.8 Å². The lowest BCUT2D eigenvalue weighted by atomic mass is 10.1. The molecule has 3 aromatic rings.